The second kappa shape index (κ2) is 5.57. The largest absolute Gasteiger partial charge is 0.356 e. The average molecular weight is 259 g/mol. The maximum absolute atomic E-state index is 11.7. The van der Waals surface area contributed by atoms with Gasteiger partial charge in [-0.25, -0.2) is 0 Å². The quantitative estimate of drug-likeness (QED) is 0.808. The van der Waals surface area contributed by atoms with Crippen molar-refractivity contribution < 1.29 is 4.79 Å². The summed E-state index contributed by atoms with van der Waals surface area (Å²) in [5.41, 5.74) is 0. The summed E-state index contributed by atoms with van der Waals surface area (Å²) in [5, 5.41) is 6.70. The van der Waals surface area contributed by atoms with Crippen molar-refractivity contribution in [2.45, 2.75) is 57.0 Å². The van der Waals surface area contributed by atoms with Crippen LogP contribution in [0.1, 0.15) is 44.9 Å². The third kappa shape index (κ3) is 3.59. The van der Waals surface area contributed by atoms with Crippen LogP contribution in [0.3, 0.4) is 0 Å². The number of fused-ring (bicyclic) bond motifs is 2. The summed E-state index contributed by atoms with van der Waals surface area (Å²) in [4.78, 5) is 11.7. The van der Waals surface area contributed by atoms with Crippen LogP contribution in [0.4, 0.5) is 0 Å². The van der Waals surface area contributed by atoms with E-state index in [4.69, 9.17) is 0 Å². The summed E-state index contributed by atoms with van der Waals surface area (Å²) in [5.74, 6) is 1.73. The van der Waals surface area contributed by atoms with Gasteiger partial charge < -0.3 is 10.6 Å². The molecule has 0 spiro atoms. The van der Waals surface area contributed by atoms with Gasteiger partial charge in [0.2, 0.25) is 5.91 Å². The summed E-state index contributed by atoms with van der Waals surface area (Å²) >= 11 is 0. The van der Waals surface area contributed by atoms with Crippen molar-refractivity contribution in [3.05, 3.63) is 0 Å². The molecule has 2 N–H and O–H groups in total. The molecule has 2 unspecified atom stereocenters. The van der Waals surface area contributed by atoms with E-state index in [1.807, 2.05) is 0 Å². The smallest absolute Gasteiger partial charge is 0.220 e. The summed E-state index contributed by atoms with van der Waals surface area (Å²) < 4.78 is 0. The van der Waals surface area contributed by atoms with Gasteiger partial charge in [-0.3, -0.25) is 4.79 Å². The van der Waals surface area contributed by atoms with Crippen molar-refractivity contribution in [2.75, 3.05) is 6.54 Å². The number of hydrogen-bond donors (Lipinski definition) is 2. The average Bonchev–Trinajstić information content (AvgIpc) is 3.02. The molecule has 0 aromatic heterocycles. The van der Waals surface area contributed by atoms with Crippen molar-refractivity contribution in [3.63, 3.8) is 0 Å². The molecule has 0 aromatic carbocycles. The molecule has 3 rings (SSSR count). The van der Waals surface area contributed by atoms with Crippen LogP contribution < -0.4 is 10.6 Å². The highest BCUT2D eigenvalue weighted by atomic mass is 35.5. The van der Waals surface area contributed by atoms with Gasteiger partial charge in [0.25, 0.3) is 0 Å². The zero-order valence-electron chi connectivity index (χ0n) is 10.3. The number of carbonyl (C=O) groups excluding carboxylic acids is 1. The molecule has 2 saturated heterocycles. The highest BCUT2D eigenvalue weighted by Gasteiger charge is 2.34. The Kier molecular flexibility index (Phi) is 4.31. The first kappa shape index (κ1) is 13.2. The lowest BCUT2D eigenvalue weighted by Crippen LogP contribution is -2.39. The highest BCUT2D eigenvalue weighted by Crippen LogP contribution is 2.32. The lowest BCUT2D eigenvalue weighted by Gasteiger charge is -2.28. The third-order valence-electron chi connectivity index (χ3n) is 4.33. The number of amides is 1. The Hall–Kier alpha value is -0.280. The fourth-order valence-electron chi connectivity index (χ4n) is 3.26. The predicted octanol–water partition coefficient (Wildman–Crippen LogP) is 1.86. The first-order chi connectivity index (χ1) is 7.79. The summed E-state index contributed by atoms with van der Waals surface area (Å²) in [7, 11) is 0. The van der Waals surface area contributed by atoms with E-state index >= 15 is 0 Å². The van der Waals surface area contributed by atoms with Crippen LogP contribution in [0, 0.1) is 11.8 Å². The number of hydrogen-bond acceptors (Lipinski definition) is 2. The SMILES string of the molecule is Cl.O=C(CC1CC2CCC(C1)N2)NCC1CC1. The minimum absolute atomic E-state index is 0. The molecule has 3 fully saturated rings. The van der Waals surface area contributed by atoms with Gasteiger partial charge in [-0.15, -0.1) is 12.4 Å². The van der Waals surface area contributed by atoms with Gasteiger partial charge in [-0.1, -0.05) is 0 Å². The molecule has 3 nitrogen and oxygen atoms in total. The van der Waals surface area contributed by atoms with E-state index in [1.165, 1.54) is 38.5 Å². The van der Waals surface area contributed by atoms with Gasteiger partial charge in [0.1, 0.15) is 0 Å². The molecule has 17 heavy (non-hydrogen) atoms. The number of nitrogens with one attached hydrogen (secondary N) is 2. The summed E-state index contributed by atoms with van der Waals surface area (Å²) in [6.07, 6.45) is 8.48. The molecule has 2 bridgehead atoms. The molecule has 2 aliphatic heterocycles. The molecule has 0 aromatic rings. The molecule has 2 atom stereocenters. The van der Waals surface area contributed by atoms with Crippen molar-refractivity contribution in [1.29, 1.82) is 0 Å². The maximum atomic E-state index is 11.7. The summed E-state index contributed by atoms with van der Waals surface area (Å²) in [6, 6.07) is 1.42. The van der Waals surface area contributed by atoms with E-state index in [0.29, 0.717) is 23.9 Å². The third-order valence-corrected chi connectivity index (χ3v) is 4.33. The second-order valence-electron chi connectivity index (χ2n) is 5.93. The minimum atomic E-state index is 0. The van der Waals surface area contributed by atoms with Gasteiger partial charge in [0.05, 0.1) is 0 Å². The highest BCUT2D eigenvalue weighted by molar-refractivity contribution is 5.85. The molecule has 1 saturated carbocycles. The molecule has 98 valence electrons. The first-order valence-electron chi connectivity index (χ1n) is 6.82. The molecule has 4 heteroatoms. The normalized spacial score (nSPS) is 35.2. The van der Waals surface area contributed by atoms with Crippen LogP contribution in [0.5, 0.6) is 0 Å². The molecule has 0 radical (unpaired) electrons. The Morgan fingerprint density at radius 3 is 2.29 bits per heavy atom. The molecule has 1 amide bonds. The lowest BCUT2D eigenvalue weighted by atomic mass is 9.89. The van der Waals surface area contributed by atoms with Crippen LogP contribution in [-0.2, 0) is 4.79 Å². The van der Waals surface area contributed by atoms with Crippen LogP contribution in [-0.4, -0.2) is 24.5 Å². The molecular formula is C13H23ClN2O. The van der Waals surface area contributed by atoms with Gasteiger partial charge in [-0.05, 0) is 50.4 Å². The number of rotatable bonds is 4. The number of halogens is 1. The van der Waals surface area contributed by atoms with Gasteiger partial charge >= 0.3 is 0 Å². The van der Waals surface area contributed by atoms with E-state index in [-0.39, 0.29) is 12.4 Å². The topological polar surface area (TPSA) is 41.1 Å². The lowest BCUT2D eigenvalue weighted by molar-refractivity contribution is -0.122. The molecule has 3 aliphatic rings. The van der Waals surface area contributed by atoms with Crippen LogP contribution in [0.15, 0.2) is 0 Å². The van der Waals surface area contributed by atoms with Gasteiger partial charge in [0.15, 0.2) is 0 Å². The van der Waals surface area contributed by atoms with E-state index in [0.717, 1.165) is 18.9 Å². The Bertz CT molecular complexity index is 269. The molecule has 2 heterocycles. The number of carbonyl (C=O) groups is 1. The van der Waals surface area contributed by atoms with E-state index in [9.17, 15) is 4.79 Å². The summed E-state index contributed by atoms with van der Waals surface area (Å²) in [6.45, 7) is 0.927. The molecular weight excluding hydrogens is 236 g/mol. The van der Waals surface area contributed by atoms with E-state index in [2.05, 4.69) is 10.6 Å². The zero-order valence-corrected chi connectivity index (χ0v) is 11.1. The number of piperidine rings is 1. The fraction of sp³-hybridized carbons (Fsp3) is 0.923. The van der Waals surface area contributed by atoms with Crippen LogP contribution in [0.2, 0.25) is 0 Å². The Morgan fingerprint density at radius 2 is 1.71 bits per heavy atom. The van der Waals surface area contributed by atoms with Crippen molar-refractivity contribution in [3.8, 4) is 0 Å². The monoisotopic (exact) mass is 258 g/mol. The van der Waals surface area contributed by atoms with Crippen LogP contribution >= 0.6 is 12.4 Å². The minimum Gasteiger partial charge on any atom is -0.356 e. The fourth-order valence-corrected chi connectivity index (χ4v) is 3.26. The van der Waals surface area contributed by atoms with E-state index < -0.39 is 0 Å². The zero-order chi connectivity index (χ0) is 11.0. The molecule has 1 aliphatic carbocycles. The second-order valence-corrected chi connectivity index (χ2v) is 5.93. The van der Waals surface area contributed by atoms with Crippen molar-refractivity contribution in [1.82, 2.24) is 10.6 Å². The predicted molar refractivity (Wildman–Crippen MR) is 70.3 cm³/mol. The Balaban J connectivity index is 0.00000108. The van der Waals surface area contributed by atoms with Crippen molar-refractivity contribution >= 4 is 18.3 Å². The maximum Gasteiger partial charge on any atom is 0.220 e. The Morgan fingerprint density at radius 1 is 1.06 bits per heavy atom. The van der Waals surface area contributed by atoms with Gasteiger partial charge in [-0.2, -0.15) is 0 Å². The van der Waals surface area contributed by atoms with E-state index in [1.54, 1.807) is 0 Å². The van der Waals surface area contributed by atoms with Crippen LogP contribution in [0.25, 0.3) is 0 Å². The Labute approximate surface area is 110 Å². The first-order valence-corrected chi connectivity index (χ1v) is 6.82. The standard InChI is InChI=1S/C13H22N2O.ClH/c16-13(14-8-9-1-2-9)7-10-5-11-3-4-12(6-10)15-11;/h9-12,15H,1-8H2,(H,14,16);1H. The van der Waals surface area contributed by atoms with Crippen molar-refractivity contribution in [2.24, 2.45) is 11.8 Å². The van der Waals surface area contributed by atoms with Gasteiger partial charge in [0, 0.05) is 25.0 Å².